The Morgan fingerprint density at radius 3 is 2.47 bits per heavy atom. The lowest BCUT2D eigenvalue weighted by Gasteiger charge is -2.12. The second-order valence-corrected chi connectivity index (χ2v) is 4.27. The lowest BCUT2D eigenvalue weighted by Crippen LogP contribution is -2.36. The average molecular weight is 255 g/mol. The summed E-state index contributed by atoms with van der Waals surface area (Å²) in [5.74, 6) is 0.0933. The molecule has 0 saturated heterocycles. The SMILES string of the molecule is Cl.O=C(CNc1ccccc1)NC1CCCC1. The molecule has 4 heteroatoms. The molecular formula is C13H19ClN2O. The van der Waals surface area contributed by atoms with E-state index in [1.807, 2.05) is 30.3 Å². The van der Waals surface area contributed by atoms with Gasteiger partial charge < -0.3 is 10.6 Å². The summed E-state index contributed by atoms with van der Waals surface area (Å²) in [6, 6.07) is 10.2. The van der Waals surface area contributed by atoms with Crippen LogP contribution in [0.15, 0.2) is 30.3 Å². The Labute approximate surface area is 108 Å². The molecule has 0 aliphatic heterocycles. The Morgan fingerprint density at radius 2 is 1.82 bits per heavy atom. The molecule has 0 spiro atoms. The van der Waals surface area contributed by atoms with Crippen molar-refractivity contribution in [1.29, 1.82) is 0 Å². The van der Waals surface area contributed by atoms with Crippen molar-refractivity contribution in [3.63, 3.8) is 0 Å². The van der Waals surface area contributed by atoms with E-state index >= 15 is 0 Å². The molecule has 17 heavy (non-hydrogen) atoms. The molecule has 1 aromatic carbocycles. The third-order valence-corrected chi connectivity index (χ3v) is 2.95. The summed E-state index contributed by atoms with van der Waals surface area (Å²) in [6.07, 6.45) is 4.77. The minimum Gasteiger partial charge on any atom is -0.376 e. The number of nitrogens with one attached hydrogen (secondary N) is 2. The molecular weight excluding hydrogens is 236 g/mol. The zero-order valence-electron chi connectivity index (χ0n) is 9.82. The highest BCUT2D eigenvalue weighted by Crippen LogP contribution is 2.17. The second kappa shape index (κ2) is 7.17. The summed E-state index contributed by atoms with van der Waals surface area (Å²) in [4.78, 5) is 11.6. The monoisotopic (exact) mass is 254 g/mol. The van der Waals surface area contributed by atoms with Crippen LogP contribution in [0.1, 0.15) is 25.7 Å². The van der Waals surface area contributed by atoms with Crippen molar-refractivity contribution < 1.29 is 4.79 Å². The fraction of sp³-hybridized carbons (Fsp3) is 0.462. The first kappa shape index (κ1) is 13.8. The van der Waals surface area contributed by atoms with E-state index in [1.165, 1.54) is 12.8 Å². The van der Waals surface area contributed by atoms with Crippen LogP contribution < -0.4 is 10.6 Å². The summed E-state index contributed by atoms with van der Waals surface area (Å²) in [6.45, 7) is 0.362. The van der Waals surface area contributed by atoms with Crippen LogP contribution in [-0.4, -0.2) is 18.5 Å². The Hall–Kier alpha value is -1.22. The molecule has 1 aliphatic carbocycles. The molecule has 0 unspecified atom stereocenters. The number of carbonyl (C=O) groups is 1. The molecule has 3 nitrogen and oxygen atoms in total. The van der Waals surface area contributed by atoms with Gasteiger partial charge in [-0.15, -0.1) is 12.4 Å². The Morgan fingerprint density at radius 1 is 1.18 bits per heavy atom. The van der Waals surface area contributed by atoms with E-state index in [0.29, 0.717) is 12.6 Å². The van der Waals surface area contributed by atoms with E-state index in [9.17, 15) is 4.79 Å². The highest BCUT2D eigenvalue weighted by Gasteiger charge is 2.16. The maximum absolute atomic E-state index is 11.6. The van der Waals surface area contributed by atoms with Crippen LogP contribution in [0.3, 0.4) is 0 Å². The molecule has 1 aliphatic rings. The molecule has 0 aromatic heterocycles. The number of rotatable bonds is 4. The second-order valence-electron chi connectivity index (χ2n) is 4.27. The fourth-order valence-electron chi connectivity index (χ4n) is 2.09. The van der Waals surface area contributed by atoms with Gasteiger partial charge in [0, 0.05) is 11.7 Å². The Balaban J connectivity index is 0.00000144. The van der Waals surface area contributed by atoms with Crippen LogP contribution in [0.25, 0.3) is 0 Å². The van der Waals surface area contributed by atoms with Gasteiger partial charge in [0.25, 0.3) is 0 Å². The number of amides is 1. The molecule has 2 N–H and O–H groups in total. The van der Waals surface area contributed by atoms with Crippen molar-refractivity contribution in [2.75, 3.05) is 11.9 Å². The summed E-state index contributed by atoms with van der Waals surface area (Å²) in [5, 5.41) is 6.15. The first-order chi connectivity index (χ1) is 7.84. The maximum atomic E-state index is 11.6. The molecule has 1 fully saturated rings. The summed E-state index contributed by atoms with van der Waals surface area (Å²) < 4.78 is 0. The highest BCUT2D eigenvalue weighted by molar-refractivity contribution is 5.85. The highest BCUT2D eigenvalue weighted by atomic mass is 35.5. The molecule has 0 atom stereocenters. The van der Waals surface area contributed by atoms with Gasteiger partial charge in [0.1, 0.15) is 0 Å². The number of anilines is 1. The van der Waals surface area contributed by atoms with Crippen LogP contribution in [0, 0.1) is 0 Å². The van der Waals surface area contributed by atoms with E-state index in [4.69, 9.17) is 0 Å². The quantitative estimate of drug-likeness (QED) is 0.867. The van der Waals surface area contributed by atoms with Gasteiger partial charge in [-0.05, 0) is 25.0 Å². The van der Waals surface area contributed by atoms with E-state index in [2.05, 4.69) is 10.6 Å². The first-order valence-corrected chi connectivity index (χ1v) is 5.93. The Kier molecular flexibility index (Phi) is 5.84. The molecule has 2 rings (SSSR count). The molecule has 0 heterocycles. The number of para-hydroxylation sites is 1. The third-order valence-electron chi connectivity index (χ3n) is 2.95. The number of benzene rings is 1. The summed E-state index contributed by atoms with van der Waals surface area (Å²) in [7, 11) is 0. The summed E-state index contributed by atoms with van der Waals surface area (Å²) >= 11 is 0. The average Bonchev–Trinajstić information content (AvgIpc) is 2.81. The standard InChI is InChI=1S/C13H18N2O.ClH/c16-13(15-12-8-4-5-9-12)10-14-11-6-2-1-3-7-11;/h1-3,6-7,12,14H,4-5,8-10H2,(H,15,16);1H. The third kappa shape index (κ3) is 4.65. The number of hydrogen-bond acceptors (Lipinski definition) is 2. The van der Waals surface area contributed by atoms with Gasteiger partial charge in [-0.2, -0.15) is 0 Å². The van der Waals surface area contributed by atoms with Crippen LogP contribution in [0.5, 0.6) is 0 Å². The van der Waals surface area contributed by atoms with E-state index in [1.54, 1.807) is 0 Å². The van der Waals surface area contributed by atoms with Crippen molar-refractivity contribution >= 4 is 24.0 Å². The molecule has 1 amide bonds. The number of carbonyl (C=O) groups excluding carboxylic acids is 1. The Bertz CT molecular complexity index is 337. The van der Waals surface area contributed by atoms with Crippen LogP contribution in [-0.2, 0) is 4.79 Å². The largest absolute Gasteiger partial charge is 0.376 e. The van der Waals surface area contributed by atoms with Gasteiger partial charge in [-0.3, -0.25) is 4.79 Å². The summed E-state index contributed by atoms with van der Waals surface area (Å²) in [5.41, 5.74) is 0.990. The smallest absolute Gasteiger partial charge is 0.239 e. The minimum atomic E-state index is 0. The van der Waals surface area contributed by atoms with Crippen molar-refractivity contribution in [2.45, 2.75) is 31.7 Å². The van der Waals surface area contributed by atoms with Crippen LogP contribution in [0.2, 0.25) is 0 Å². The van der Waals surface area contributed by atoms with E-state index in [-0.39, 0.29) is 18.3 Å². The van der Waals surface area contributed by atoms with Gasteiger partial charge in [0.15, 0.2) is 0 Å². The zero-order chi connectivity index (χ0) is 11.2. The topological polar surface area (TPSA) is 41.1 Å². The minimum absolute atomic E-state index is 0. The predicted molar refractivity (Wildman–Crippen MR) is 72.6 cm³/mol. The molecule has 94 valence electrons. The molecule has 0 bridgehead atoms. The normalized spacial score (nSPS) is 15.1. The van der Waals surface area contributed by atoms with Crippen molar-refractivity contribution in [1.82, 2.24) is 5.32 Å². The van der Waals surface area contributed by atoms with Crippen molar-refractivity contribution in [2.24, 2.45) is 0 Å². The maximum Gasteiger partial charge on any atom is 0.239 e. The van der Waals surface area contributed by atoms with Gasteiger partial charge in [-0.25, -0.2) is 0 Å². The van der Waals surface area contributed by atoms with Gasteiger partial charge >= 0.3 is 0 Å². The fourth-order valence-corrected chi connectivity index (χ4v) is 2.09. The van der Waals surface area contributed by atoms with Crippen LogP contribution in [0.4, 0.5) is 5.69 Å². The first-order valence-electron chi connectivity index (χ1n) is 5.93. The molecule has 0 radical (unpaired) electrons. The lowest BCUT2D eigenvalue weighted by atomic mass is 10.2. The van der Waals surface area contributed by atoms with Gasteiger partial charge in [0.05, 0.1) is 6.54 Å². The number of halogens is 1. The van der Waals surface area contributed by atoms with E-state index in [0.717, 1.165) is 18.5 Å². The van der Waals surface area contributed by atoms with Gasteiger partial charge in [0.2, 0.25) is 5.91 Å². The molecule has 1 aromatic rings. The van der Waals surface area contributed by atoms with Crippen molar-refractivity contribution in [3.8, 4) is 0 Å². The van der Waals surface area contributed by atoms with Crippen molar-refractivity contribution in [3.05, 3.63) is 30.3 Å². The molecule has 1 saturated carbocycles. The number of hydrogen-bond donors (Lipinski definition) is 2. The van der Waals surface area contributed by atoms with Crippen LogP contribution >= 0.6 is 12.4 Å². The predicted octanol–water partition coefficient (Wildman–Crippen LogP) is 2.58. The zero-order valence-corrected chi connectivity index (χ0v) is 10.6. The van der Waals surface area contributed by atoms with E-state index < -0.39 is 0 Å². The van der Waals surface area contributed by atoms with Gasteiger partial charge in [-0.1, -0.05) is 31.0 Å². The lowest BCUT2D eigenvalue weighted by molar-refractivity contribution is -0.120.